The lowest BCUT2D eigenvalue weighted by molar-refractivity contribution is 0.340. The van der Waals surface area contributed by atoms with Crippen LogP contribution < -0.4 is 26.1 Å². The highest BCUT2D eigenvalue weighted by molar-refractivity contribution is 7.87. The molecule has 182 valence electrons. The lowest BCUT2D eigenvalue weighted by Gasteiger charge is -2.20. The molecule has 0 radical (unpaired) electrons. The van der Waals surface area contributed by atoms with Gasteiger partial charge < -0.3 is 26.1 Å². The zero-order valence-corrected chi connectivity index (χ0v) is 20.6. The molecule has 2 aromatic carbocycles. The van der Waals surface area contributed by atoms with Gasteiger partial charge in [-0.1, -0.05) is 13.0 Å². The Morgan fingerprint density at radius 3 is 2.38 bits per heavy atom. The minimum absolute atomic E-state index is 0.0778. The van der Waals surface area contributed by atoms with Crippen molar-refractivity contribution < 1.29 is 17.3 Å². The van der Waals surface area contributed by atoms with Crippen LogP contribution >= 0.6 is 0 Å². The molecular formula is C24H31N5O4S. The van der Waals surface area contributed by atoms with Crippen LogP contribution in [0.15, 0.2) is 36.5 Å². The molecule has 10 heteroatoms. The number of nitrogen functional groups attached to an aromatic ring is 3. The van der Waals surface area contributed by atoms with Crippen molar-refractivity contribution in [3.63, 3.8) is 0 Å². The van der Waals surface area contributed by atoms with Crippen LogP contribution in [0.1, 0.15) is 43.9 Å². The Kier molecular flexibility index (Phi) is 7.51. The number of anilines is 3. The number of nitrogens with zero attached hydrogens (tertiary/aromatic N) is 2. The fourth-order valence-electron chi connectivity index (χ4n) is 3.40. The topological polar surface area (TPSA) is 156 Å². The summed E-state index contributed by atoms with van der Waals surface area (Å²) in [6.45, 7) is 7.51. The number of hydrogen-bond acceptors (Lipinski definition) is 9. The lowest BCUT2D eigenvalue weighted by Crippen LogP contribution is -2.22. The zero-order valence-electron chi connectivity index (χ0n) is 19.8. The normalized spacial score (nSPS) is 12.4. The fraction of sp³-hybridized carbons (Fsp3) is 0.333. The predicted molar refractivity (Wildman–Crippen MR) is 135 cm³/mol. The number of nitrogens with two attached hydrogens (primary N) is 3. The summed E-state index contributed by atoms with van der Waals surface area (Å²) in [5, 5.41) is -0.686. The van der Waals surface area contributed by atoms with Gasteiger partial charge in [-0.3, -0.25) is 0 Å². The molecule has 0 aliphatic rings. The van der Waals surface area contributed by atoms with Gasteiger partial charge in [-0.15, -0.1) is 0 Å². The first-order valence-corrected chi connectivity index (χ1v) is 12.5. The van der Waals surface area contributed by atoms with Gasteiger partial charge in [0.1, 0.15) is 11.6 Å². The van der Waals surface area contributed by atoms with Gasteiger partial charge in [0.25, 0.3) is 0 Å². The van der Waals surface area contributed by atoms with Crippen molar-refractivity contribution in [1.29, 1.82) is 0 Å². The molecular weight excluding hydrogens is 454 g/mol. The molecule has 0 saturated heterocycles. The van der Waals surface area contributed by atoms with Crippen molar-refractivity contribution >= 4 is 27.6 Å². The van der Waals surface area contributed by atoms with Crippen LogP contribution in [0.5, 0.6) is 11.5 Å². The van der Waals surface area contributed by atoms with E-state index in [0.717, 1.165) is 11.1 Å². The quantitative estimate of drug-likeness (QED) is 0.304. The Morgan fingerprint density at radius 1 is 1.06 bits per heavy atom. The second-order valence-electron chi connectivity index (χ2n) is 8.08. The second kappa shape index (κ2) is 10.2. The summed E-state index contributed by atoms with van der Waals surface area (Å²) < 4.78 is 37.5. The molecule has 3 rings (SSSR count). The summed E-state index contributed by atoms with van der Waals surface area (Å²) in [4.78, 5) is 8.01. The van der Waals surface area contributed by atoms with Gasteiger partial charge >= 0.3 is 10.1 Å². The Labute approximate surface area is 200 Å². The Hall–Kier alpha value is -3.53. The minimum atomic E-state index is -3.89. The molecule has 0 aliphatic carbocycles. The highest BCUT2D eigenvalue weighted by Gasteiger charge is 2.25. The third kappa shape index (κ3) is 5.51. The van der Waals surface area contributed by atoms with E-state index >= 15 is 0 Å². The molecule has 1 heterocycles. The molecule has 1 aromatic heterocycles. The molecule has 6 N–H and O–H groups in total. The van der Waals surface area contributed by atoms with Crippen LogP contribution in [0.25, 0.3) is 11.1 Å². The maximum atomic E-state index is 12.9. The monoisotopic (exact) mass is 485 g/mol. The molecule has 34 heavy (non-hydrogen) atoms. The van der Waals surface area contributed by atoms with Crippen LogP contribution in [0.3, 0.4) is 0 Å². The third-order valence-electron chi connectivity index (χ3n) is 5.57. The number of aromatic nitrogens is 2. The van der Waals surface area contributed by atoms with Gasteiger partial charge in [0.2, 0.25) is 5.95 Å². The summed E-state index contributed by atoms with van der Waals surface area (Å²) in [6, 6.07) is 8.98. The van der Waals surface area contributed by atoms with Gasteiger partial charge in [0.05, 0.1) is 17.4 Å². The SMILES string of the molecule is CCOc1cc(Cc2cnc(N)nc2N)cc(OS(=O)(=O)C(C)CC)c1-c1ccc(N)c(C)c1. The second-order valence-corrected chi connectivity index (χ2v) is 10.0. The maximum absolute atomic E-state index is 12.9. The van der Waals surface area contributed by atoms with Crippen molar-refractivity contribution in [2.45, 2.75) is 45.8 Å². The van der Waals surface area contributed by atoms with E-state index in [9.17, 15) is 8.42 Å². The van der Waals surface area contributed by atoms with Crippen LogP contribution in [0.4, 0.5) is 17.5 Å². The van der Waals surface area contributed by atoms with Gasteiger partial charge in [0.15, 0.2) is 5.75 Å². The van der Waals surface area contributed by atoms with E-state index < -0.39 is 15.4 Å². The molecule has 0 bridgehead atoms. The maximum Gasteiger partial charge on any atom is 0.311 e. The summed E-state index contributed by atoms with van der Waals surface area (Å²) in [5.74, 6) is 0.973. The van der Waals surface area contributed by atoms with Gasteiger partial charge in [-0.25, -0.2) is 4.98 Å². The number of benzene rings is 2. The van der Waals surface area contributed by atoms with Crippen molar-refractivity contribution in [2.75, 3.05) is 23.8 Å². The Bertz CT molecular complexity index is 1290. The molecule has 0 saturated carbocycles. The average molecular weight is 486 g/mol. The number of aryl methyl sites for hydroxylation is 1. The van der Waals surface area contributed by atoms with Gasteiger partial charge in [-0.2, -0.15) is 13.4 Å². The summed E-state index contributed by atoms with van der Waals surface area (Å²) >= 11 is 0. The Balaban J connectivity index is 2.22. The van der Waals surface area contributed by atoms with Crippen molar-refractivity contribution in [1.82, 2.24) is 9.97 Å². The fourth-order valence-corrected chi connectivity index (χ4v) is 4.35. The molecule has 0 aliphatic heterocycles. The molecule has 3 aromatic rings. The average Bonchev–Trinajstić information content (AvgIpc) is 2.77. The first-order valence-electron chi connectivity index (χ1n) is 11.0. The smallest absolute Gasteiger partial charge is 0.311 e. The molecule has 0 spiro atoms. The number of hydrogen-bond donors (Lipinski definition) is 3. The number of ether oxygens (including phenoxy) is 1. The van der Waals surface area contributed by atoms with E-state index in [0.29, 0.717) is 47.6 Å². The summed E-state index contributed by atoms with van der Waals surface area (Å²) in [7, 11) is -3.89. The van der Waals surface area contributed by atoms with Crippen molar-refractivity contribution in [2.24, 2.45) is 0 Å². The van der Waals surface area contributed by atoms with E-state index in [1.807, 2.05) is 32.0 Å². The van der Waals surface area contributed by atoms with E-state index in [4.69, 9.17) is 26.1 Å². The zero-order chi connectivity index (χ0) is 25.0. The number of rotatable bonds is 9. The molecule has 0 amide bonds. The van der Waals surface area contributed by atoms with Gasteiger partial charge in [0, 0.05) is 23.9 Å². The molecule has 0 fully saturated rings. The molecule has 1 atom stereocenters. The van der Waals surface area contributed by atoms with Crippen LogP contribution in [-0.4, -0.2) is 30.2 Å². The van der Waals surface area contributed by atoms with Crippen LogP contribution in [-0.2, 0) is 16.5 Å². The van der Waals surface area contributed by atoms with Gasteiger partial charge in [-0.05, 0) is 68.1 Å². The largest absolute Gasteiger partial charge is 0.493 e. The molecule has 9 nitrogen and oxygen atoms in total. The Morgan fingerprint density at radius 2 is 1.76 bits per heavy atom. The summed E-state index contributed by atoms with van der Waals surface area (Å²) in [6.07, 6.45) is 2.29. The van der Waals surface area contributed by atoms with Crippen molar-refractivity contribution in [3.05, 3.63) is 53.2 Å². The highest BCUT2D eigenvalue weighted by atomic mass is 32.2. The van der Waals surface area contributed by atoms with E-state index in [1.54, 1.807) is 32.2 Å². The van der Waals surface area contributed by atoms with E-state index in [-0.39, 0.29) is 17.5 Å². The van der Waals surface area contributed by atoms with Crippen molar-refractivity contribution in [3.8, 4) is 22.6 Å². The van der Waals surface area contributed by atoms with Crippen LogP contribution in [0.2, 0.25) is 0 Å². The first-order chi connectivity index (χ1) is 16.1. The third-order valence-corrected chi connectivity index (χ3v) is 7.30. The molecule has 1 unspecified atom stereocenters. The standard InChI is InChI=1S/C24H31N5O4S/c1-5-15(4)34(30,31)33-21-12-16(10-18-13-28-24(27)29-23(18)26)11-20(32-6-2)22(21)17-7-8-19(25)14(3)9-17/h7-9,11-13,15H,5-6,10,25H2,1-4H3,(H4,26,27,28,29). The van der Waals surface area contributed by atoms with E-state index in [1.165, 1.54) is 0 Å². The lowest BCUT2D eigenvalue weighted by atomic mass is 9.97. The highest BCUT2D eigenvalue weighted by Crippen LogP contribution is 2.42. The minimum Gasteiger partial charge on any atom is -0.493 e. The first kappa shape index (κ1) is 25.1. The van der Waals surface area contributed by atoms with Crippen LogP contribution in [0, 0.1) is 6.92 Å². The summed E-state index contributed by atoms with van der Waals surface area (Å²) in [5.41, 5.74) is 21.7. The predicted octanol–water partition coefficient (Wildman–Crippen LogP) is 3.70. The van der Waals surface area contributed by atoms with E-state index in [2.05, 4.69) is 9.97 Å².